The molecule has 0 spiro atoms. The molecule has 0 aromatic heterocycles. The van der Waals surface area contributed by atoms with E-state index in [1.54, 1.807) is 0 Å². The summed E-state index contributed by atoms with van der Waals surface area (Å²) in [6.45, 7) is 2.74. The van der Waals surface area contributed by atoms with Crippen molar-refractivity contribution >= 4 is 0 Å². The Labute approximate surface area is 85.8 Å². The van der Waals surface area contributed by atoms with Crippen molar-refractivity contribution in [3.8, 4) is 0 Å². The van der Waals surface area contributed by atoms with E-state index in [0.717, 1.165) is 26.2 Å². The lowest BCUT2D eigenvalue weighted by atomic mass is 10.0. The molecule has 14 heavy (non-hydrogen) atoms. The van der Waals surface area contributed by atoms with Crippen molar-refractivity contribution in [3.05, 3.63) is 0 Å². The first-order valence-electron chi connectivity index (χ1n) is 5.85. The van der Waals surface area contributed by atoms with Crippen molar-refractivity contribution in [2.45, 2.75) is 44.2 Å². The molecule has 0 bridgehead atoms. The van der Waals surface area contributed by atoms with Gasteiger partial charge in [0.25, 0.3) is 0 Å². The lowest BCUT2D eigenvalue weighted by Crippen LogP contribution is -2.40. The molecule has 2 fully saturated rings. The van der Waals surface area contributed by atoms with E-state index in [1.165, 1.54) is 25.7 Å². The Morgan fingerprint density at radius 1 is 1.21 bits per heavy atom. The van der Waals surface area contributed by atoms with Gasteiger partial charge in [0.1, 0.15) is 0 Å². The van der Waals surface area contributed by atoms with Crippen molar-refractivity contribution in [2.75, 3.05) is 19.8 Å². The van der Waals surface area contributed by atoms with Crippen LogP contribution in [-0.4, -0.2) is 37.0 Å². The standard InChI is InChI=1S/C11H21NO2/c13-11-5-1-3-9(11)7-12-10-4-2-6-14-8-10/h9-13H,1-8H2. The SMILES string of the molecule is OC1CCCC1CNC1CCCOC1. The fourth-order valence-electron chi connectivity index (χ4n) is 2.48. The summed E-state index contributed by atoms with van der Waals surface area (Å²) in [5.41, 5.74) is 0. The molecule has 3 atom stereocenters. The summed E-state index contributed by atoms with van der Waals surface area (Å²) in [6, 6.07) is 0.525. The van der Waals surface area contributed by atoms with Crippen LogP contribution in [0, 0.1) is 5.92 Å². The molecule has 2 rings (SSSR count). The third-order valence-corrected chi connectivity index (χ3v) is 3.45. The molecule has 82 valence electrons. The van der Waals surface area contributed by atoms with Crippen LogP contribution in [0.2, 0.25) is 0 Å². The van der Waals surface area contributed by atoms with Gasteiger partial charge in [0, 0.05) is 19.2 Å². The van der Waals surface area contributed by atoms with Crippen LogP contribution in [0.3, 0.4) is 0 Å². The third-order valence-electron chi connectivity index (χ3n) is 3.45. The molecule has 3 heteroatoms. The summed E-state index contributed by atoms with van der Waals surface area (Å²) in [7, 11) is 0. The molecule has 0 radical (unpaired) electrons. The summed E-state index contributed by atoms with van der Waals surface area (Å²) in [6.07, 6.45) is 5.70. The van der Waals surface area contributed by atoms with Gasteiger partial charge in [-0.3, -0.25) is 0 Å². The number of hydrogen-bond donors (Lipinski definition) is 2. The third kappa shape index (κ3) is 2.69. The van der Waals surface area contributed by atoms with Crippen LogP contribution in [0.4, 0.5) is 0 Å². The fourth-order valence-corrected chi connectivity index (χ4v) is 2.48. The monoisotopic (exact) mass is 199 g/mol. The van der Waals surface area contributed by atoms with Crippen LogP contribution in [0.25, 0.3) is 0 Å². The zero-order valence-electron chi connectivity index (χ0n) is 8.74. The highest BCUT2D eigenvalue weighted by molar-refractivity contribution is 4.80. The van der Waals surface area contributed by atoms with E-state index >= 15 is 0 Å². The molecule has 0 amide bonds. The maximum absolute atomic E-state index is 9.65. The Morgan fingerprint density at radius 2 is 2.14 bits per heavy atom. The van der Waals surface area contributed by atoms with Crippen molar-refractivity contribution in [1.82, 2.24) is 5.32 Å². The van der Waals surface area contributed by atoms with Crippen molar-refractivity contribution in [2.24, 2.45) is 5.92 Å². The molecule has 2 N–H and O–H groups in total. The van der Waals surface area contributed by atoms with E-state index < -0.39 is 0 Å². The van der Waals surface area contributed by atoms with Crippen LogP contribution in [-0.2, 0) is 4.74 Å². The minimum atomic E-state index is -0.0630. The molecular formula is C11H21NO2. The zero-order valence-corrected chi connectivity index (χ0v) is 8.74. The van der Waals surface area contributed by atoms with Gasteiger partial charge in [0.15, 0.2) is 0 Å². The Kier molecular flexibility index (Phi) is 3.79. The number of nitrogens with one attached hydrogen (secondary N) is 1. The normalized spacial score (nSPS) is 38.8. The molecule has 1 saturated carbocycles. The van der Waals surface area contributed by atoms with Crippen LogP contribution < -0.4 is 5.32 Å². The molecular weight excluding hydrogens is 178 g/mol. The van der Waals surface area contributed by atoms with Crippen LogP contribution in [0.1, 0.15) is 32.1 Å². The van der Waals surface area contributed by atoms with Crippen molar-refractivity contribution in [3.63, 3.8) is 0 Å². The molecule has 0 aromatic carbocycles. The molecule has 2 aliphatic rings. The largest absolute Gasteiger partial charge is 0.393 e. The van der Waals surface area contributed by atoms with E-state index in [4.69, 9.17) is 4.74 Å². The van der Waals surface area contributed by atoms with Crippen molar-refractivity contribution in [1.29, 1.82) is 0 Å². The van der Waals surface area contributed by atoms with Gasteiger partial charge in [-0.1, -0.05) is 6.42 Å². The Hall–Kier alpha value is -0.120. The minimum absolute atomic E-state index is 0.0630. The first kappa shape index (κ1) is 10.4. The Balaban J connectivity index is 1.65. The number of aliphatic hydroxyl groups is 1. The van der Waals surface area contributed by atoms with Gasteiger partial charge in [-0.15, -0.1) is 0 Å². The second-order valence-corrected chi connectivity index (χ2v) is 4.58. The molecule has 1 aliphatic heterocycles. The molecule has 0 aromatic rings. The molecule has 1 saturated heterocycles. The van der Waals surface area contributed by atoms with Crippen LogP contribution >= 0.6 is 0 Å². The highest BCUT2D eigenvalue weighted by Crippen LogP contribution is 2.24. The minimum Gasteiger partial charge on any atom is -0.393 e. The number of ether oxygens (including phenoxy) is 1. The van der Waals surface area contributed by atoms with E-state index in [2.05, 4.69) is 5.32 Å². The van der Waals surface area contributed by atoms with Gasteiger partial charge in [-0.2, -0.15) is 0 Å². The summed E-state index contributed by atoms with van der Waals surface area (Å²) in [5, 5.41) is 13.2. The molecule has 3 unspecified atom stereocenters. The number of rotatable bonds is 3. The Bertz CT molecular complexity index is 169. The van der Waals surface area contributed by atoms with Gasteiger partial charge in [0.05, 0.1) is 12.7 Å². The quantitative estimate of drug-likeness (QED) is 0.710. The van der Waals surface area contributed by atoms with Crippen LogP contribution in [0.5, 0.6) is 0 Å². The van der Waals surface area contributed by atoms with E-state index in [0.29, 0.717) is 12.0 Å². The highest BCUT2D eigenvalue weighted by Gasteiger charge is 2.25. The lowest BCUT2D eigenvalue weighted by molar-refractivity contribution is 0.0643. The molecule has 1 heterocycles. The maximum atomic E-state index is 9.65. The van der Waals surface area contributed by atoms with E-state index in [9.17, 15) is 5.11 Å². The lowest BCUT2D eigenvalue weighted by Gasteiger charge is -2.25. The number of aliphatic hydroxyl groups excluding tert-OH is 1. The number of hydrogen-bond acceptors (Lipinski definition) is 3. The second-order valence-electron chi connectivity index (χ2n) is 4.58. The van der Waals surface area contributed by atoms with Crippen molar-refractivity contribution < 1.29 is 9.84 Å². The van der Waals surface area contributed by atoms with Gasteiger partial charge in [0.2, 0.25) is 0 Å². The Morgan fingerprint density at radius 3 is 2.79 bits per heavy atom. The first-order valence-corrected chi connectivity index (χ1v) is 5.85. The summed E-state index contributed by atoms with van der Waals surface area (Å²) >= 11 is 0. The van der Waals surface area contributed by atoms with Gasteiger partial charge in [-0.05, 0) is 31.6 Å². The summed E-state index contributed by atoms with van der Waals surface area (Å²) in [5.74, 6) is 0.483. The predicted molar refractivity (Wildman–Crippen MR) is 55.2 cm³/mol. The first-order chi connectivity index (χ1) is 6.86. The average Bonchev–Trinajstić information content (AvgIpc) is 2.63. The molecule has 1 aliphatic carbocycles. The maximum Gasteiger partial charge on any atom is 0.0619 e. The fraction of sp³-hybridized carbons (Fsp3) is 1.00. The van der Waals surface area contributed by atoms with Crippen LogP contribution in [0.15, 0.2) is 0 Å². The van der Waals surface area contributed by atoms with E-state index in [-0.39, 0.29) is 6.10 Å². The second kappa shape index (κ2) is 5.10. The predicted octanol–water partition coefficient (Wildman–Crippen LogP) is 0.916. The van der Waals surface area contributed by atoms with Gasteiger partial charge in [-0.25, -0.2) is 0 Å². The zero-order chi connectivity index (χ0) is 9.80. The van der Waals surface area contributed by atoms with E-state index in [1.807, 2.05) is 0 Å². The average molecular weight is 199 g/mol. The summed E-state index contributed by atoms with van der Waals surface area (Å²) < 4.78 is 5.40. The topological polar surface area (TPSA) is 41.5 Å². The smallest absolute Gasteiger partial charge is 0.0619 e. The molecule has 3 nitrogen and oxygen atoms in total. The van der Waals surface area contributed by atoms with Gasteiger partial charge >= 0.3 is 0 Å². The summed E-state index contributed by atoms with van der Waals surface area (Å²) in [4.78, 5) is 0. The van der Waals surface area contributed by atoms with Gasteiger partial charge < -0.3 is 15.2 Å². The highest BCUT2D eigenvalue weighted by atomic mass is 16.5.